The fourth-order valence-corrected chi connectivity index (χ4v) is 12.8. The number of aliphatic hydroxyl groups excluding tert-OH is 8. The monoisotopic (exact) mass is 766 g/mol. The molecule has 4 saturated carbocycles. The second-order valence-electron chi connectivity index (χ2n) is 19.5. The van der Waals surface area contributed by atoms with E-state index < -0.39 is 74.6 Å². The van der Waals surface area contributed by atoms with Gasteiger partial charge in [0.1, 0.15) is 48.8 Å². The van der Waals surface area contributed by atoms with Gasteiger partial charge in [-0.15, -0.1) is 0 Å². The summed E-state index contributed by atoms with van der Waals surface area (Å²) in [7, 11) is 0. The zero-order valence-corrected chi connectivity index (χ0v) is 33.7. The van der Waals surface area contributed by atoms with Gasteiger partial charge in [0.25, 0.3) is 0 Å². The van der Waals surface area contributed by atoms with Gasteiger partial charge in [0.05, 0.1) is 25.4 Å². The van der Waals surface area contributed by atoms with E-state index in [2.05, 4.69) is 67.5 Å². The molecule has 2 heterocycles. The van der Waals surface area contributed by atoms with Gasteiger partial charge < -0.3 is 59.8 Å². The third-order valence-electron chi connectivity index (χ3n) is 16.1. The van der Waals surface area contributed by atoms with Gasteiger partial charge in [-0.05, 0) is 117 Å². The van der Waals surface area contributed by atoms with Gasteiger partial charge in [-0.25, -0.2) is 0 Å². The molecule has 6 aliphatic rings. The summed E-state index contributed by atoms with van der Waals surface area (Å²) in [5.41, 5.74) is 2.40. The number of rotatable bonds is 9. The van der Waals surface area contributed by atoms with Crippen molar-refractivity contribution >= 4 is 0 Å². The Morgan fingerprint density at radius 2 is 1.30 bits per heavy atom. The van der Waals surface area contributed by atoms with Crippen molar-refractivity contribution in [1.29, 1.82) is 0 Å². The van der Waals surface area contributed by atoms with Crippen LogP contribution in [0.15, 0.2) is 23.3 Å². The van der Waals surface area contributed by atoms with E-state index in [4.69, 9.17) is 18.9 Å². The van der Waals surface area contributed by atoms with Crippen molar-refractivity contribution in [3.8, 4) is 0 Å². The number of hydrogen-bond donors (Lipinski definition) is 8. The van der Waals surface area contributed by atoms with Gasteiger partial charge in [0.2, 0.25) is 0 Å². The van der Waals surface area contributed by atoms with E-state index in [1.807, 2.05) is 0 Å². The third kappa shape index (κ3) is 7.00. The average Bonchev–Trinajstić information content (AvgIpc) is 3.49. The number of allylic oxidation sites excluding steroid dienone is 4. The molecule has 54 heavy (non-hydrogen) atoms. The van der Waals surface area contributed by atoms with Crippen LogP contribution in [0.25, 0.3) is 0 Å². The van der Waals surface area contributed by atoms with Crippen molar-refractivity contribution in [3.63, 3.8) is 0 Å². The van der Waals surface area contributed by atoms with E-state index in [1.165, 1.54) is 11.1 Å². The Morgan fingerprint density at radius 1 is 0.685 bits per heavy atom. The van der Waals surface area contributed by atoms with Gasteiger partial charge in [-0.3, -0.25) is 0 Å². The molecule has 0 aromatic rings. The lowest BCUT2D eigenvalue weighted by molar-refractivity contribution is -0.346. The Labute approximate surface area is 321 Å². The Hall–Kier alpha value is -1.00. The summed E-state index contributed by atoms with van der Waals surface area (Å²) in [5.74, 6) is 1.21. The number of fused-ring (bicyclic) bond motifs is 5. The maximum atomic E-state index is 12.1. The van der Waals surface area contributed by atoms with Crippen molar-refractivity contribution in [2.75, 3.05) is 13.2 Å². The lowest BCUT2D eigenvalue weighted by Gasteiger charge is -2.70. The van der Waals surface area contributed by atoms with Gasteiger partial charge in [0, 0.05) is 0 Å². The quantitative estimate of drug-likeness (QED) is 0.126. The second-order valence-corrected chi connectivity index (χ2v) is 19.5. The maximum absolute atomic E-state index is 12.1. The minimum absolute atomic E-state index is 0.0147. The number of ether oxygens (including phenoxy) is 4. The molecular weight excluding hydrogens is 696 g/mol. The highest BCUT2D eigenvalue weighted by molar-refractivity contribution is 5.23. The Balaban J connectivity index is 1.15. The Kier molecular flexibility index (Phi) is 12.3. The molecule has 6 fully saturated rings. The van der Waals surface area contributed by atoms with Gasteiger partial charge in [0.15, 0.2) is 12.6 Å². The minimum Gasteiger partial charge on any atom is -0.394 e. The Bertz CT molecular complexity index is 1380. The molecule has 12 heteroatoms. The summed E-state index contributed by atoms with van der Waals surface area (Å²) in [6.07, 6.45) is -3.14. The van der Waals surface area contributed by atoms with Crippen LogP contribution >= 0.6 is 0 Å². The second kappa shape index (κ2) is 15.6. The normalized spacial score (nSPS) is 51.9. The smallest absolute Gasteiger partial charge is 0.186 e. The fraction of sp³-hybridized carbons (Fsp3) is 0.905. The van der Waals surface area contributed by atoms with Crippen LogP contribution in [-0.2, 0) is 18.9 Å². The van der Waals surface area contributed by atoms with E-state index in [9.17, 15) is 40.9 Å². The fourth-order valence-electron chi connectivity index (χ4n) is 12.8. The molecule has 8 N–H and O–H groups in total. The average molecular weight is 767 g/mol. The molecule has 2 aliphatic heterocycles. The molecule has 0 radical (unpaired) electrons. The SMILES string of the molecule is CC(C)=CC/C=C(/C)C1CC[C@]2(C)C1[C@H](O)CC1[C@@]3(C)CCC(O[C@@H]4O[C@H](CO[C@@H]5O[C@H](CO)[C@@H](O)[C@H](O)[C@H]5O)[C@@H](O)[C@H](O)[C@H]4O)C(C)(C)[C@@H]3CC[C@]12C. The topological polar surface area (TPSA) is 199 Å². The van der Waals surface area contributed by atoms with Gasteiger partial charge in [-0.2, -0.15) is 0 Å². The van der Waals surface area contributed by atoms with Crippen molar-refractivity contribution in [1.82, 2.24) is 0 Å². The maximum Gasteiger partial charge on any atom is 0.186 e. The van der Waals surface area contributed by atoms with E-state index in [-0.39, 0.29) is 45.7 Å². The van der Waals surface area contributed by atoms with E-state index in [1.54, 1.807) is 0 Å². The number of hydrogen-bond acceptors (Lipinski definition) is 12. The molecule has 4 aliphatic carbocycles. The lowest BCUT2D eigenvalue weighted by Crippen LogP contribution is -2.67. The largest absolute Gasteiger partial charge is 0.394 e. The summed E-state index contributed by atoms with van der Waals surface area (Å²) >= 11 is 0. The minimum atomic E-state index is -1.65. The van der Waals surface area contributed by atoms with Crippen LogP contribution in [0.3, 0.4) is 0 Å². The van der Waals surface area contributed by atoms with E-state index >= 15 is 0 Å². The molecule has 310 valence electrons. The van der Waals surface area contributed by atoms with Crippen molar-refractivity contribution in [2.24, 2.45) is 45.3 Å². The highest BCUT2D eigenvalue weighted by Gasteiger charge is 2.70. The van der Waals surface area contributed by atoms with Crippen LogP contribution in [0, 0.1) is 45.3 Å². The molecule has 4 unspecified atom stereocenters. The molecule has 0 aromatic heterocycles. The van der Waals surface area contributed by atoms with Gasteiger partial charge >= 0.3 is 0 Å². The van der Waals surface area contributed by atoms with Crippen LogP contribution in [0.2, 0.25) is 0 Å². The van der Waals surface area contributed by atoms with Crippen LogP contribution < -0.4 is 0 Å². The first kappa shape index (κ1) is 42.6. The summed E-state index contributed by atoms with van der Waals surface area (Å²) in [6, 6.07) is 0. The molecule has 19 atom stereocenters. The molecular formula is C42H70O12. The molecule has 6 rings (SSSR count). The predicted octanol–water partition coefficient (Wildman–Crippen LogP) is 2.95. The summed E-state index contributed by atoms with van der Waals surface area (Å²) in [6.45, 7) is 17.4. The third-order valence-corrected chi connectivity index (χ3v) is 16.1. The van der Waals surface area contributed by atoms with Crippen LogP contribution in [0.1, 0.15) is 107 Å². The standard InChI is InChI=1S/C42H70O12/c1-21(2)10-9-11-22(3)23-12-16-42(8)30(23)24(44)18-28-40(6)15-14-29(39(4,5)27(40)13-17-41(28,42)7)54-38-36(50)34(48)32(46)26(53-38)20-51-37-35(49)33(47)31(45)25(19-43)52-37/h10-11,23-38,43-50H,9,12-20H2,1-8H3/b22-11-/t23?,24-,25-,26-,27+,28?,29?,30?,31-,32-,33+,34+,35-,36-,37-,38+,40+,41-,42-/m1/s1. The number of aliphatic hydroxyl groups is 8. The molecule has 0 bridgehead atoms. The van der Waals surface area contributed by atoms with Crippen LogP contribution in [0.4, 0.5) is 0 Å². The first-order chi connectivity index (χ1) is 25.2. The van der Waals surface area contributed by atoms with Crippen LogP contribution in [0.5, 0.6) is 0 Å². The van der Waals surface area contributed by atoms with E-state index in [0.717, 1.165) is 44.9 Å². The highest BCUT2D eigenvalue weighted by Crippen LogP contribution is 2.75. The summed E-state index contributed by atoms with van der Waals surface area (Å²) in [5, 5.41) is 85.1. The summed E-state index contributed by atoms with van der Waals surface area (Å²) in [4.78, 5) is 0. The predicted molar refractivity (Wildman–Crippen MR) is 199 cm³/mol. The van der Waals surface area contributed by atoms with E-state index in [0.29, 0.717) is 18.3 Å². The zero-order chi connectivity index (χ0) is 39.7. The first-order valence-corrected chi connectivity index (χ1v) is 20.5. The van der Waals surface area contributed by atoms with Gasteiger partial charge in [-0.1, -0.05) is 57.9 Å². The van der Waals surface area contributed by atoms with Crippen molar-refractivity contribution in [3.05, 3.63) is 23.3 Å². The van der Waals surface area contributed by atoms with Crippen LogP contribution in [-0.4, -0.2) is 128 Å². The highest BCUT2D eigenvalue weighted by atomic mass is 16.7. The Morgan fingerprint density at radius 3 is 1.94 bits per heavy atom. The zero-order valence-electron chi connectivity index (χ0n) is 33.7. The molecule has 12 nitrogen and oxygen atoms in total. The molecule has 0 amide bonds. The lowest BCUT2D eigenvalue weighted by atomic mass is 9.35. The van der Waals surface area contributed by atoms with Crippen molar-refractivity contribution in [2.45, 2.75) is 180 Å². The molecule has 2 saturated heterocycles. The first-order valence-electron chi connectivity index (χ1n) is 20.5. The van der Waals surface area contributed by atoms with Crippen molar-refractivity contribution < 1.29 is 59.8 Å². The molecule has 0 spiro atoms. The molecule has 0 aromatic carbocycles. The summed E-state index contributed by atoms with van der Waals surface area (Å²) < 4.78 is 23.7.